The molecule has 0 aromatic heterocycles. The first-order valence-electron chi connectivity index (χ1n) is 6.57. The van der Waals surface area contributed by atoms with Crippen molar-refractivity contribution in [3.63, 3.8) is 0 Å². The molecule has 0 saturated carbocycles. The highest BCUT2D eigenvalue weighted by Gasteiger charge is 2.49. The molecular formula is C15H20BrNO4. The van der Waals surface area contributed by atoms with E-state index in [0.29, 0.717) is 10.0 Å². The van der Waals surface area contributed by atoms with Crippen molar-refractivity contribution >= 4 is 27.9 Å². The van der Waals surface area contributed by atoms with Crippen LogP contribution in [0.4, 0.5) is 0 Å². The average molecular weight is 358 g/mol. The van der Waals surface area contributed by atoms with Crippen molar-refractivity contribution in [2.75, 3.05) is 6.61 Å². The summed E-state index contributed by atoms with van der Waals surface area (Å²) < 4.78 is 10.8. The zero-order chi connectivity index (χ0) is 16.3. The smallest absolute Gasteiger partial charge is 0.343 e. The average Bonchev–Trinajstić information content (AvgIpc) is 2.36. The van der Waals surface area contributed by atoms with Crippen LogP contribution >= 0.6 is 15.9 Å². The zero-order valence-electron chi connectivity index (χ0n) is 12.6. The molecule has 0 amide bonds. The first kappa shape index (κ1) is 17.7. The second kappa shape index (κ2) is 6.58. The van der Waals surface area contributed by atoms with Crippen molar-refractivity contribution in [1.82, 2.24) is 0 Å². The molecule has 21 heavy (non-hydrogen) atoms. The lowest BCUT2D eigenvalue weighted by Gasteiger charge is -2.30. The quantitative estimate of drug-likeness (QED) is 0.661. The highest BCUT2D eigenvalue weighted by atomic mass is 79.9. The third kappa shape index (κ3) is 4.04. The molecule has 1 atom stereocenters. The summed E-state index contributed by atoms with van der Waals surface area (Å²) in [5, 5.41) is 0. The Balaban J connectivity index is 3.34. The van der Waals surface area contributed by atoms with Gasteiger partial charge in [0.1, 0.15) is 5.60 Å². The van der Waals surface area contributed by atoms with Crippen molar-refractivity contribution < 1.29 is 19.1 Å². The number of carbonyl (C=O) groups excluding carboxylic acids is 2. The van der Waals surface area contributed by atoms with Crippen LogP contribution in [-0.4, -0.2) is 24.1 Å². The van der Waals surface area contributed by atoms with Crippen molar-refractivity contribution in [3.8, 4) is 0 Å². The minimum Gasteiger partial charge on any atom is -0.464 e. The van der Waals surface area contributed by atoms with E-state index in [1.807, 2.05) is 0 Å². The second-order valence-electron chi connectivity index (χ2n) is 5.51. The number of carbonyl (C=O) groups is 2. The molecule has 0 fully saturated rings. The van der Waals surface area contributed by atoms with Gasteiger partial charge in [0.05, 0.1) is 6.61 Å². The minimum atomic E-state index is -2.01. The summed E-state index contributed by atoms with van der Waals surface area (Å²) in [6, 6.07) is 6.73. The number of rotatable bonds is 4. The van der Waals surface area contributed by atoms with Crippen LogP contribution in [0.15, 0.2) is 28.7 Å². The number of hydrogen-bond acceptors (Lipinski definition) is 5. The number of hydrogen-bond donors (Lipinski definition) is 1. The van der Waals surface area contributed by atoms with Crippen LogP contribution in [0.25, 0.3) is 0 Å². The molecule has 6 heteroatoms. The summed E-state index contributed by atoms with van der Waals surface area (Å²) in [6.07, 6.45) is 0. The molecule has 0 heterocycles. The van der Waals surface area contributed by atoms with Crippen LogP contribution in [-0.2, 0) is 24.6 Å². The van der Waals surface area contributed by atoms with Gasteiger partial charge in [-0.05, 0) is 33.8 Å². The standard InChI is InChI=1S/C15H20BrNO4/c1-5-20-12(18)15(17,13(19)21-14(2,3)4)10-8-6-7-9-11(10)16/h6-9H,5,17H2,1-4H3. The first-order chi connectivity index (χ1) is 9.63. The van der Waals surface area contributed by atoms with Crippen LogP contribution in [0.3, 0.4) is 0 Å². The molecule has 0 aliphatic rings. The molecule has 0 aliphatic carbocycles. The topological polar surface area (TPSA) is 78.6 Å². The van der Waals surface area contributed by atoms with Gasteiger partial charge in [-0.25, -0.2) is 9.59 Å². The van der Waals surface area contributed by atoms with Gasteiger partial charge in [-0.15, -0.1) is 0 Å². The number of esters is 2. The molecule has 1 aromatic rings. The predicted molar refractivity (Wildman–Crippen MR) is 82.5 cm³/mol. The highest BCUT2D eigenvalue weighted by Crippen LogP contribution is 2.30. The zero-order valence-corrected chi connectivity index (χ0v) is 14.2. The van der Waals surface area contributed by atoms with Gasteiger partial charge in [0.2, 0.25) is 5.54 Å². The van der Waals surface area contributed by atoms with Crippen LogP contribution in [0, 0.1) is 0 Å². The Labute approximate surface area is 132 Å². The Hall–Kier alpha value is -1.40. The van der Waals surface area contributed by atoms with Crippen LogP contribution in [0.2, 0.25) is 0 Å². The molecule has 116 valence electrons. The van der Waals surface area contributed by atoms with E-state index in [1.165, 1.54) is 0 Å². The van der Waals surface area contributed by atoms with Gasteiger partial charge in [0, 0.05) is 10.0 Å². The van der Waals surface area contributed by atoms with Crippen molar-refractivity contribution in [2.45, 2.75) is 38.8 Å². The SMILES string of the molecule is CCOC(=O)C(N)(C(=O)OC(C)(C)C)c1ccccc1Br. The van der Waals surface area contributed by atoms with Crippen molar-refractivity contribution in [2.24, 2.45) is 5.73 Å². The maximum atomic E-state index is 12.5. The minimum absolute atomic E-state index is 0.116. The van der Waals surface area contributed by atoms with E-state index in [2.05, 4.69) is 15.9 Å². The fraction of sp³-hybridized carbons (Fsp3) is 0.467. The molecule has 0 aliphatic heterocycles. The van der Waals surface area contributed by atoms with E-state index >= 15 is 0 Å². The number of nitrogens with two attached hydrogens (primary N) is 1. The third-order valence-electron chi connectivity index (χ3n) is 2.62. The lowest BCUT2D eigenvalue weighted by Crippen LogP contribution is -2.55. The Morgan fingerprint density at radius 3 is 2.24 bits per heavy atom. The van der Waals surface area contributed by atoms with Crippen molar-refractivity contribution in [3.05, 3.63) is 34.3 Å². The first-order valence-corrected chi connectivity index (χ1v) is 7.36. The van der Waals surface area contributed by atoms with Crippen molar-refractivity contribution in [1.29, 1.82) is 0 Å². The normalized spacial score (nSPS) is 14.2. The predicted octanol–water partition coefficient (Wildman–Crippen LogP) is 2.51. The van der Waals surface area contributed by atoms with Gasteiger partial charge in [-0.1, -0.05) is 34.1 Å². The summed E-state index contributed by atoms with van der Waals surface area (Å²) >= 11 is 3.30. The molecule has 0 saturated heterocycles. The second-order valence-corrected chi connectivity index (χ2v) is 6.36. The van der Waals surface area contributed by atoms with Gasteiger partial charge in [0.25, 0.3) is 0 Å². The summed E-state index contributed by atoms with van der Waals surface area (Å²) in [5.74, 6) is -1.69. The molecular weight excluding hydrogens is 338 g/mol. The Bertz CT molecular complexity index is 539. The number of ether oxygens (including phenoxy) is 2. The Morgan fingerprint density at radius 2 is 1.76 bits per heavy atom. The molecule has 0 radical (unpaired) electrons. The highest BCUT2D eigenvalue weighted by molar-refractivity contribution is 9.10. The van der Waals surface area contributed by atoms with Crippen LogP contribution in [0.1, 0.15) is 33.3 Å². The van der Waals surface area contributed by atoms with Crippen LogP contribution < -0.4 is 5.73 Å². The Kier molecular flexibility index (Phi) is 5.53. The lowest BCUT2D eigenvalue weighted by atomic mass is 9.90. The van der Waals surface area contributed by atoms with Gasteiger partial charge in [0.15, 0.2) is 0 Å². The van der Waals surface area contributed by atoms with E-state index in [9.17, 15) is 9.59 Å². The molecule has 1 unspecified atom stereocenters. The van der Waals surface area contributed by atoms with E-state index in [4.69, 9.17) is 15.2 Å². The number of benzene rings is 1. The van der Waals surface area contributed by atoms with Gasteiger partial charge in [-0.3, -0.25) is 0 Å². The molecule has 0 spiro atoms. The summed E-state index contributed by atoms with van der Waals surface area (Å²) in [6.45, 7) is 6.88. The summed E-state index contributed by atoms with van der Waals surface area (Å²) in [7, 11) is 0. The fourth-order valence-corrected chi connectivity index (χ4v) is 2.29. The van der Waals surface area contributed by atoms with Gasteiger partial charge < -0.3 is 15.2 Å². The molecule has 2 N–H and O–H groups in total. The summed E-state index contributed by atoms with van der Waals surface area (Å²) in [4.78, 5) is 24.8. The van der Waals surface area contributed by atoms with E-state index in [1.54, 1.807) is 52.0 Å². The van der Waals surface area contributed by atoms with E-state index in [0.717, 1.165) is 0 Å². The van der Waals surface area contributed by atoms with Gasteiger partial charge in [-0.2, -0.15) is 0 Å². The monoisotopic (exact) mass is 357 g/mol. The maximum absolute atomic E-state index is 12.5. The van der Waals surface area contributed by atoms with Crippen LogP contribution in [0.5, 0.6) is 0 Å². The fourth-order valence-electron chi connectivity index (χ4n) is 1.69. The maximum Gasteiger partial charge on any atom is 0.343 e. The Morgan fingerprint density at radius 1 is 1.19 bits per heavy atom. The molecule has 1 rings (SSSR count). The third-order valence-corrected chi connectivity index (χ3v) is 3.31. The number of halogens is 1. The largest absolute Gasteiger partial charge is 0.464 e. The summed E-state index contributed by atoms with van der Waals surface area (Å²) in [5.41, 5.74) is 3.65. The van der Waals surface area contributed by atoms with E-state index in [-0.39, 0.29) is 6.61 Å². The molecule has 0 bridgehead atoms. The lowest BCUT2D eigenvalue weighted by molar-refractivity contribution is -0.172. The van der Waals surface area contributed by atoms with E-state index < -0.39 is 23.1 Å². The van der Waals surface area contributed by atoms with Gasteiger partial charge >= 0.3 is 11.9 Å². The molecule has 5 nitrogen and oxygen atoms in total. The molecule has 1 aromatic carbocycles.